The van der Waals surface area contributed by atoms with Gasteiger partial charge in [0.2, 0.25) is 0 Å². The number of carbonyl (C=O) groups is 2. The van der Waals surface area contributed by atoms with Crippen LogP contribution in [-0.4, -0.2) is 51.6 Å². The zero-order valence-electron chi connectivity index (χ0n) is 15.8. The van der Waals surface area contributed by atoms with Crippen LogP contribution in [0, 0.1) is 5.82 Å². The van der Waals surface area contributed by atoms with Gasteiger partial charge in [0.25, 0.3) is 11.8 Å². The molecular weight excluding hydrogens is 435 g/mol. The molecule has 7 nitrogen and oxygen atoms in total. The molecule has 0 unspecified atom stereocenters. The normalized spacial score (nSPS) is 10.2. The van der Waals surface area contributed by atoms with Gasteiger partial charge in [0, 0.05) is 24.6 Å². The van der Waals surface area contributed by atoms with Crippen molar-refractivity contribution in [2.75, 3.05) is 40.2 Å². The van der Waals surface area contributed by atoms with E-state index in [2.05, 4.69) is 21.2 Å². The van der Waals surface area contributed by atoms with Gasteiger partial charge in [0.05, 0.1) is 25.5 Å². The Morgan fingerprint density at radius 3 is 2.29 bits per heavy atom. The van der Waals surface area contributed by atoms with E-state index >= 15 is 0 Å². The van der Waals surface area contributed by atoms with Gasteiger partial charge in [-0.3, -0.25) is 9.59 Å². The van der Waals surface area contributed by atoms with Crippen LogP contribution in [-0.2, 0) is 4.79 Å². The number of benzene rings is 2. The summed E-state index contributed by atoms with van der Waals surface area (Å²) in [4.78, 5) is 26.1. The van der Waals surface area contributed by atoms with Gasteiger partial charge < -0.3 is 24.4 Å². The topological polar surface area (TPSA) is 77.1 Å². The third-order valence-electron chi connectivity index (χ3n) is 3.69. The Hall–Kier alpha value is -2.81. The summed E-state index contributed by atoms with van der Waals surface area (Å²) in [6.45, 7) is -0.442. The molecule has 2 rings (SSSR count). The molecular formula is C19H20BrFN2O5. The van der Waals surface area contributed by atoms with Crippen molar-refractivity contribution in [1.82, 2.24) is 4.90 Å². The summed E-state index contributed by atoms with van der Waals surface area (Å²) >= 11 is 3.15. The van der Waals surface area contributed by atoms with Crippen molar-refractivity contribution in [3.8, 4) is 17.2 Å². The van der Waals surface area contributed by atoms with Gasteiger partial charge in [-0.2, -0.15) is 0 Å². The van der Waals surface area contributed by atoms with Crippen LogP contribution in [0.4, 0.5) is 10.1 Å². The van der Waals surface area contributed by atoms with Crippen LogP contribution in [0.1, 0.15) is 10.4 Å². The van der Waals surface area contributed by atoms with Crippen LogP contribution < -0.4 is 19.5 Å². The molecule has 2 aromatic carbocycles. The van der Waals surface area contributed by atoms with Gasteiger partial charge in [-0.15, -0.1) is 0 Å². The van der Waals surface area contributed by atoms with Crippen molar-refractivity contribution in [2.24, 2.45) is 0 Å². The predicted molar refractivity (Wildman–Crippen MR) is 106 cm³/mol. The number of amides is 2. The number of anilines is 1. The van der Waals surface area contributed by atoms with Gasteiger partial charge in [0.1, 0.15) is 0 Å². The van der Waals surface area contributed by atoms with Gasteiger partial charge in [-0.1, -0.05) is 15.9 Å². The number of ether oxygens (including phenoxy) is 3. The minimum absolute atomic E-state index is 0.0600. The number of carbonyl (C=O) groups excluding carboxylic acids is 2. The molecule has 0 aliphatic rings. The van der Waals surface area contributed by atoms with Gasteiger partial charge in [-0.05, 0) is 24.3 Å². The molecule has 0 fully saturated rings. The molecule has 9 heteroatoms. The number of halogens is 2. The lowest BCUT2D eigenvalue weighted by molar-refractivity contribution is -0.118. The highest BCUT2D eigenvalue weighted by molar-refractivity contribution is 9.10. The Labute approximate surface area is 170 Å². The highest BCUT2D eigenvalue weighted by Gasteiger charge is 2.20. The van der Waals surface area contributed by atoms with Gasteiger partial charge in [-0.25, -0.2) is 4.39 Å². The van der Waals surface area contributed by atoms with E-state index < -0.39 is 18.3 Å². The quantitative estimate of drug-likeness (QED) is 0.694. The van der Waals surface area contributed by atoms with Crippen LogP contribution in [0.5, 0.6) is 17.2 Å². The second kappa shape index (κ2) is 9.41. The first-order chi connectivity index (χ1) is 13.3. The molecule has 1 N–H and O–H groups in total. The van der Waals surface area contributed by atoms with Crippen molar-refractivity contribution >= 4 is 33.4 Å². The lowest BCUT2D eigenvalue weighted by atomic mass is 10.1. The Bertz CT molecular complexity index is 889. The standard InChI is InChI=1S/C19H20BrFN2O5/c1-23(2)19(25)12-8-16(26-3)17(27-4)9-14(12)22-18(24)10-28-15-6-5-11(20)7-13(15)21/h5-9H,10H2,1-4H3,(H,22,24). The second-order valence-corrected chi connectivity index (χ2v) is 6.78. The van der Waals surface area contributed by atoms with Crippen LogP contribution >= 0.6 is 15.9 Å². The highest BCUT2D eigenvalue weighted by Crippen LogP contribution is 2.34. The second-order valence-electron chi connectivity index (χ2n) is 5.86. The third-order valence-corrected chi connectivity index (χ3v) is 4.18. The Morgan fingerprint density at radius 1 is 1.07 bits per heavy atom. The van der Waals surface area contributed by atoms with E-state index in [9.17, 15) is 14.0 Å². The molecule has 150 valence electrons. The van der Waals surface area contributed by atoms with E-state index in [-0.39, 0.29) is 22.9 Å². The van der Waals surface area contributed by atoms with Crippen molar-refractivity contribution in [3.63, 3.8) is 0 Å². The van der Waals surface area contributed by atoms with Crippen LogP contribution in [0.15, 0.2) is 34.8 Å². The van der Waals surface area contributed by atoms with E-state index in [0.29, 0.717) is 16.0 Å². The van der Waals surface area contributed by atoms with E-state index in [1.807, 2.05) is 0 Å². The van der Waals surface area contributed by atoms with Crippen molar-refractivity contribution in [3.05, 3.63) is 46.2 Å². The fourth-order valence-corrected chi connectivity index (χ4v) is 2.66. The fourth-order valence-electron chi connectivity index (χ4n) is 2.32. The third kappa shape index (κ3) is 5.13. The Morgan fingerprint density at radius 2 is 1.71 bits per heavy atom. The van der Waals surface area contributed by atoms with E-state index in [4.69, 9.17) is 14.2 Å². The number of rotatable bonds is 7. The highest BCUT2D eigenvalue weighted by atomic mass is 79.9. The van der Waals surface area contributed by atoms with E-state index in [1.54, 1.807) is 20.2 Å². The van der Waals surface area contributed by atoms with Crippen LogP contribution in [0.25, 0.3) is 0 Å². The lowest BCUT2D eigenvalue weighted by Gasteiger charge is -2.18. The number of nitrogens with one attached hydrogen (secondary N) is 1. The molecule has 0 saturated heterocycles. The molecule has 0 radical (unpaired) electrons. The van der Waals surface area contributed by atoms with Crippen molar-refractivity contribution in [1.29, 1.82) is 0 Å². The molecule has 0 aliphatic heterocycles. The molecule has 28 heavy (non-hydrogen) atoms. The first-order valence-electron chi connectivity index (χ1n) is 8.12. The maximum Gasteiger partial charge on any atom is 0.262 e. The zero-order chi connectivity index (χ0) is 20.8. The minimum Gasteiger partial charge on any atom is -0.493 e. The molecule has 0 spiro atoms. The fraction of sp³-hybridized carbons (Fsp3) is 0.263. The number of nitrogens with zero attached hydrogens (tertiary/aromatic N) is 1. The largest absolute Gasteiger partial charge is 0.493 e. The SMILES string of the molecule is COc1cc(NC(=O)COc2ccc(Br)cc2F)c(C(=O)N(C)C)cc1OC. The predicted octanol–water partition coefficient (Wildman–Crippen LogP) is 3.32. The van der Waals surface area contributed by atoms with Gasteiger partial charge >= 0.3 is 0 Å². The molecule has 0 aliphatic carbocycles. The van der Waals surface area contributed by atoms with Gasteiger partial charge in [0.15, 0.2) is 29.7 Å². The summed E-state index contributed by atoms with van der Waals surface area (Å²) in [6.07, 6.45) is 0. The first kappa shape index (κ1) is 21.5. The van der Waals surface area contributed by atoms with Crippen LogP contribution in [0.2, 0.25) is 0 Å². The summed E-state index contributed by atoms with van der Waals surface area (Å²) in [5.41, 5.74) is 0.437. The summed E-state index contributed by atoms with van der Waals surface area (Å²) in [5.74, 6) is -0.877. The summed E-state index contributed by atoms with van der Waals surface area (Å²) in [7, 11) is 6.06. The monoisotopic (exact) mass is 454 g/mol. The molecule has 0 atom stereocenters. The Kier molecular flexibility index (Phi) is 7.22. The minimum atomic E-state index is -0.600. The molecule has 0 saturated carbocycles. The summed E-state index contributed by atoms with van der Waals surface area (Å²) < 4.78 is 30.0. The lowest BCUT2D eigenvalue weighted by Crippen LogP contribution is -2.26. The summed E-state index contributed by atoms with van der Waals surface area (Å²) in [6, 6.07) is 7.19. The average molecular weight is 455 g/mol. The van der Waals surface area contributed by atoms with Crippen molar-refractivity contribution in [2.45, 2.75) is 0 Å². The zero-order valence-corrected chi connectivity index (χ0v) is 17.4. The Balaban J connectivity index is 2.22. The van der Waals surface area contributed by atoms with E-state index in [1.165, 1.54) is 43.4 Å². The summed E-state index contributed by atoms with van der Waals surface area (Å²) in [5, 5.41) is 2.59. The number of hydrogen-bond donors (Lipinski definition) is 1. The molecule has 0 aromatic heterocycles. The average Bonchev–Trinajstić information content (AvgIpc) is 2.66. The molecule has 2 amide bonds. The maximum absolute atomic E-state index is 13.8. The first-order valence-corrected chi connectivity index (χ1v) is 8.91. The number of hydrogen-bond acceptors (Lipinski definition) is 5. The number of methoxy groups -OCH3 is 2. The molecule has 0 heterocycles. The molecule has 2 aromatic rings. The molecule has 0 bridgehead atoms. The van der Waals surface area contributed by atoms with Crippen molar-refractivity contribution < 1.29 is 28.2 Å². The van der Waals surface area contributed by atoms with Crippen LogP contribution in [0.3, 0.4) is 0 Å². The van der Waals surface area contributed by atoms with E-state index in [0.717, 1.165) is 0 Å². The maximum atomic E-state index is 13.8. The smallest absolute Gasteiger partial charge is 0.262 e.